The Kier molecular flexibility index (Phi) is 5.69. The van der Waals surface area contributed by atoms with Gasteiger partial charge in [0.2, 0.25) is 0 Å². The van der Waals surface area contributed by atoms with Gasteiger partial charge >= 0.3 is 0 Å². The van der Waals surface area contributed by atoms with Crippen molar-refractivity contribution in [2.45, 2.75) is 19.4 Å². The summed E-state index contributed by atoms with van der Waals surface area (Å²) in [5, 5.41) is 9.64. The van der Waals surface area contributed by atoms with E-state index in [2.05, 4.69) is 22.2 Å². The normalized spacial score (nSPS) is 16.5. The third-order valence-electron chi connectivity index (χ3n) is 2.98. The van der Waals surface area contributed by atoms with Crippen LogP contribution in [-0.4, -0.2) is 35.7 Å². The van der Waals surface area contributed by atoms with E-state index >= 15 is 0 Å². The monoisotopic (exact) mass is 325 g/mol. The Morgan fingerprint density at radius 2 is 2.33 bits per heavy atom. The largest absolute Gasteiger partial charge is 0.479 e. The molecule has 1 heterocycles. The lowest BCUT2D eigenvalue weighted by molar-refractivity contribution is -0.122. The predicted octanol–water partition coefficient (Wildman–Crippen LogP) is 2.45. The van der Waals surface area contributed by atoms with Crippen LogP contribution >= 0.6 is 24.0 Å². The summed E-state index contributed by atoms with van der Waals surface area (Å²) in [6.07, 6.45) is 2.69. The van der Waals surface area contributed by atoms with Gasteiger partial charge in [0, 0.05) is 12.2 Å². The van der Waals surface area contributed by atoms with E-state index in [1.165, 1.54) is 0 Å². The molecule has 0 radical (unpaired) electrons. The zero-order valence-corrected chi connectivity index (χ0v) is 13.7. The van der Waals surface area contributed by atoms with Gasteiger partial charge in [-0.05, 0) is 55.8 Å². The molecule has 21 heavy (non-hydrogen) atoms. The number of fused-ring (bicyclic) bond motifs is 1. The van der Waals surface area contributed by atoms with Gasteiger partial charge in [0.05, 0.1) is 5.69 Å². The van der Waals surface area contributed by atoms with Crippen LogP contribution in [0.1, 0.15) is 13.3 Å². The highest BCUT2D eigenvalue weighted by atomic mass is 32.2. The summed E-state index contributed by atoms with van der Waals surface area (Å²) < 4.78 is 5.51. The minimum atomic E-state index is -0.463. The summed E-state index contributed by atoms with van der Waals surface area (Å²) in [4.78, 5) is 11.6. The highest BCUT2D eigenvalue weighted by Gasteiger charge is 2.23. The van der Waals surface area contributed by atoms with E-state index in [0.29, 0.717) is 16.5 Å². The molecular weight excluding hydrogens is 306 g/mol. The van der Waals surface area contributed by atoms with Gasteiger partial charge in [-0.15, -0.1) is 0 Å². The van der Waals surface area contributed by atoms with E-state index in [1.807, 2.05) is 30.0 Å². The van der Waals surface area contributed by atoms with Gasteiger partial charge in [0.1, 0.15) is 5.75 Å². The van der Waals surface area contributed by atoms with Crippen molar-refractivity contribution in [2.75, 3.05) is 29.2 Å². The fraction of sp³-hybridized carbons (Fsp3) is 0.429. The summed E-state index contributed by atoms with van der Waals surface area (Å²) in [5.74, 6) is 1.64. The third kappa shape index (κ3) is 4.50. The first-order valence-corrected chi connectivity index (χ1v) is 8.55. The van der Waals surface area contributed by atoms with Crippen LogP contribution in [-0.2, 0) is 4.79 Å². The number of thiocarbonyl (C=S) groups is 1. The van der Waals surface area contributed by atoms with Crippen LogP contribution in [0.15, 0.2) is 18.2 Å². The quantitative estimate of drug-likeness (QED) is 0.571. The van der Waals surface area contributed by atoms with E-state index in [-0.39, 0.29) is 5.91 Å². The molecule has 0 unspecified atom stereocenters. The zero-order valence-electron chi connectivity index (χ0n) is 12.1. The first-order valence-electron chi connectivity index (χ1n) is 6.75. The average Bonchev–Trinajstić information content (AvgIpc) is 2.45. The van der Waals surface area contributed by atoms with Crippen LogP contribution in [0.25, 0.3) is 0 Å². The second-order valence-corrected chi connectivity index (χ2v) is 6.08. The van der Waals surface area contributed by atoms with Crippen LogP contribution in [0.5, 0.6) is 5.75 Å². The number of carbonyl (C=O) groups is 1. The summed E-state index contributed by atoms with van der Waals surface area (Å²) in [7, 11) is 0. The number of anilines is 2. The van der Waals surface area contributed by atoms with Crippen molar-refractivity contribution in [1.82, 2.24) is 5.32 Å². The van der Waals surface area contributed by atoms with Gasteiger partial charge in [-0.1, -0.05) is 0 Å². The Labute approximate surface area is 134 Å². The second kappa shape index (κ2) is 7.51. The minimum absolute atomic E-state index is 0.141. The van der Waals surface area contributed by atoms with Crippen molar-refractivity contribution < 1.29 is 9.53 Å². The molecule has 0 aliphatic carbocycles. The van der Waals surface area contributed by atoms with Gasteiger partial charge < -0.3 is 20.7 Å². The molecule has 0 spiro atoms. The summed E-state index contributed by atoms with van der Waals surface area (Å²) in [5.41, 5.74) is 1.47. The van der Waals surface area contributed by atoms with Gasteiger partial charge in [0.15, 0.2) is 11.2 Å². The number of nitrogens with one attached hydrogen (secondary N) is 3. The Balaban J connectivity index is 1.91. The Morgan fingerprint density at radius 3 is 3.10 bits per heavy atom. The summed E-state index contributed by atoms with van der Waals surface area (Å²) >= 11 is 7.05. The second-order valence-electron chi connectivity index (χ2n) is 4.69. The molecule has 1 aliphatic heterocycles. The van der Waals surface area contributed by atoms with Crippen LogP contribution in [0, 0.1) is 0 Å². The molecule has 0 bridgehead atoms. The fourth-order valence-corrected chi connectivity index (χ4v) is 2.53. The summed E-state index contributed by atoms with van der Waals surface area (Å²) in [6, 6.07) is 5.51. The number of rotatable bonds is 5. The molecule has 0 saturated carbocycles. The van der Waals surface area contributed by atoms with Crippen molar-refractivity contribution >= 4 is 46.4 Å². The van der Waals surface area contributed by atoms with Gasteiger partial charge in [-0.25, -0.2) is 0 Å². The zero-order chi connectivity index (χ0) is 15.2. The number of ether oxygens (including phenoxy) is 1. The number of carbonyl (C=O) groups excluding carboxylic acids is 1. The fourth-order valence-electron chi connectivity index (χ4n) is 1.88. The number of benzene rings is 1. The SMILES string of the molecule is CSCCCNC(=S)Nc1ccc2c(c1)NC(=O)[C@H](C)O2. The van der Waals surface area contributed by atoms with E-state index in [4.69, 9.17) is 17.0 Å². The molecule has 1 amide bonds. The predicted molar refractivity (Wildman–Crippen MR) is 92.4 cm³/mol. The topological polar surface area (TPSA) is 62.4 Å². The molecule has 0 saturated heterocycles. The van der Waals surface area contributed by atoms with E-state index in [0.717, 1.165) is 24.4 Å². The van der Waals surface area contributed by atoms with Crippen molar-refractivity contribution in [1.29, 1.82) is 0 Å². The molecular formula is C14H19N3O2S2. The lowest BCUT2D eigenvalue weighted by atomic mass is 10.2. The van der Waals surface area contributed by atoms with Crippen molar-refractivity contribution in [3.05, 3.63) is 18.2 Å². The molecule has 1 aromatic rings. The first-order chi connectivity index (χ1) is 10.1. The lowest BCUT2D eigenvalue weighted by Gasteiger charge is -2.23. The number of hydrogen-bond acceptors (Lipinski definition) is 4. The van der Waals surface area contributed by atoms with E-state index in [1.54, 1.807) is 6.92 Å². The smallest absolute Gasteiger partial charge is 0.265 e. The maximum Gasteiger partial charge on any atom is 0.265 e. The Morgan fingerprint density at radius 1 is 1.52 bits per heavy atom. The number of thioether (sulfide) groups is 1. The lowest BCUT2D eigenvalue weighted by Crippen LogP contribution is -2.34. The van der Waals surface area contributed by atoms with Crippen LogP contribution in [0.3, 0.4) is 0 Å². The maximum absolute atomic E-state index is 11.6. The van der Waals surface area contributed by atoms with Crippen molar-refractivity contribution in [2.24, 2.45) is 0 Å². The van der Waals surface area contributed by atoms with Gasteiger partial charge in [-0.2, -0.15) is 11.8 Å². The molecule has 0 aromatic heterocycles. The third-order valence-corrected chi connectivity index (χ3v) is 3.92. The maximum atomic E-state index is 11.6. The Bertz CT molecular complexity index is 537. The van der Waals surface area contributed by atoms with Crippen molar-refractivity contribution in [3.63, 3.8) is 0 Å². The first kappa shape index (κ1) is 15.9. The highest BCUT2D eigenvalue weighted by molar-refractivity contribution is 7.98. The standard InChI is InChI=1S/C14H19N3O2S2/c1-9-13(18)17-11-8-10(4-5-12(11)19-9)16-14(20)15-6-3-7-21-2/h4-5,8-9H,3,6-7H2,1-2H3,(H,17,18)(H2,15,16,20)/t9-/m0/s1. The highest BCUT2D eigenvalue weighted by Crippen LogP contribution is 2.32. The number of hydrogen-bond donors (Lipinski definition) is 3. The Hall–Kier alpha value is -1.47. The number of amides is 1. The summed E-state index contributed by atoms with van der Waals surface area (Å²) in [6.45, 7) is 2.56. The van der Waals surface area contributed by atoms with E-state index in [9.17, 15) is 4.79 Å². The minimum Gasteiger partial charge on any atom is -0.479 e. The molecule has 3 N–H and O–H groups in total. The molecule has 2 rings (SSSR count). The molecule has 7 heteroatoms. The molecule has 0 fully saturated rings. The van der Waals surface area contributed by atoms with Crippen LogP contribution in [0.2, 0.25) is 0 Å². The molecule has 114 valence electrons. The molecule has 1 atom stereocenters. The van der Waals surface area contributed by atoms with Crippen LogP contribution < -0.4 is 20.7 Å². The van der Waals surface area contributed by atoms with Crippen molar-refractivity contribution in [3.8, 4) is 5.75 Å². The molecule has 5 nitrogen and oxygen atoms in total. The molecule has 1 aliphatic rings. The average molecular weight is 325 g/mol. The van der Waals surface area contributed by atoms with E-state index < -0.39 is 6.10 Å². The van der Waals surface area contributed by atoms with Crippen LogP contribution in [0.4, 0.5) is 11.4 Å². The van der Waals surface area contributed by atoms with Gasteiger partial charge in [-0.3, -0.25) is 4.79 Å². The molecule has 1 aromatic carbocycles. The van der Waals surface area contributed by atoms with Gasteiger partial charge in [0.25, 0.3) is 5.91 Å².